The Morgan fingerprint density at radius 3 is 2.62 bits per heavy atom. The summed E-state index contributed by atoms with van der Waals surface area (Å²) in [6.07, 6.45) is 3.67. The second kappa shape index (κ2) is 10.9. The standard InChI is InChI=1S/C23H29N3O4S2/c1-17(31-20-13-11-19(30-3)12-14-20)23(27)24-18-8-7-9-21(16-18)32(28,29)25-22-10-5-4-6-15-26(22)2/h7-9,11-14,16-17H,4-6,10,15H2,1-3H3,(H,24,27). The predicted molar refractivity (Wildman–Crippen MR) is 129 cm³/mol. The van der Waals surface area contributed by atoms with Gasteiger partial charge in [-0.3, -0.25) is 4.79 Å². The number of carbonyl (C=O) groups is 1. The third kappa shape index (κ3) is 6.49. The number of sulfonamides is 1. The first-order valence-electron chi connectivity index (χ1n) is 10.5. The highest BCUT2D eigenvalue weighted by Gasteiger charge is 2.20. The van der Waals surface area contributed by atoms with Crippen LogP contribution < -0.4 is 10.1 Å². The van der Waals surface area contributed by atoms with Crippen LogP contribution in [-0.4, -0.2) is 51.0 Å². The van der Waals surface area contributed by atoms with E-state index in [0.717, 1.165) is 36.5 Å². The van der Waals surface area contributed by atoms with Crippen LogP contribution in [-0.2, 0) is 14.8 Å². The minimum Gasteiger partial charge on any atom is -0.497 e. The summed E-state index contributed by atoms with van der Waals surface area (Å²) < 4.78 is 35.0. The summed E-state index contributed by atoms with van der Waals surface area (Å²) in [4.78, 5) is 15.6. The molecule has 7 nitrogen and oxygen atoms in total. The van der Waals surface area contributed by atoms with E-state index in [0.29, 0.717) is 17.9 Å². The fraction of sp³-hybridized carbons (Fsp3) is 0.391. The molecule has 0 aliphatic carbocycles. The van der Waals surface area contributed by atoms with Crippen LogP contribution in [0, 0.1) is 0 Å². The van der Waals surface area contributed by atoms with Gasteiger partial charge in [-0.15, -0.1) is 16.2 Å². The molecule has 2 aromatic rings. The third-order valence-corrected chi connectivity index (χ3v) is 7.61. The van der Waals surface area contributed by atoms with Gasteiger partial charge in [-0.1, -0.05) is 12.5 Å². The topological polar surface area (TPSA) is 88.1 Å². The first-order chi connectivity index (χ1) is 15.3. The molecular formula is C23H29N3O4S2. The van der Waals surface area contributed by atoms with Gasteiger partial charge in [-0.05, 0) is 62.2 Å². The molecule has 1 fully saturated rings. The number of hydrogen-bond donors (Lipinski definition) is 1. The van der Waals surface area contributed by atoms with Crippen LogP contribution in [0.4, 0.5) is 5.69 Å². The molecule has 1 aliphatic heterocycles. The highest BCUT2D eigenvalue weighted by molar-refractivity contribution is 8.00. The summed E-state index contributed by atoms with van der Waals surface area (Å²) in [5.41, 5.74) is 0.424. The number of methoxy groups -OCH3 is 1. The van der Waals surface area contributed by atoms with Crippen LogP contribution >= 0.6 is 11.8 Å². The summed E-state index contributed by atoms with van der Waals surface area (Å²) in [6, 6.07) is 13.7. The minimum absolute atomic E-state index is 0.0657. The van der Waals surface area contributed by atoms with Gasteiger partial charge in [0.05, 0.1) is 17.3 Å². The monoisotopic (exact) mass is 475 g/mol. The summed E-state index contributed by atoms with van der Waals surface area (Å²) in [6.45, 7) is 2.60. The Bertz CT molecular complexity index is 1070. The van der Waals surface area contributed by atoms with Crippen LogP contribution in [0.2, 0.25) is 0 Å². The number of rotatable bonds is 7. The number of carbonyl (C=O) groups excluding carboxylic acids is 1. The van der Waals surface area contributed by atoms with Gasteiger partial charge in [-0.2, -0.15) is 8.42 Å². The van der Waals surface area contributed by atoms with Gasteiger partial charge in [-0.25, -0.2) is 0 Å². The second-order valence-corrected chi connectivity index (χ2v) is 10.7. The molecule has 9 heteroatoms. The van der Waals surface area contributed by atoms with E-state index >= 15 is 0 Å². The molecule has 1 unspecified atom stereocenters. The Morgan fingerprint density at radius 2 is 1.91 bits per heavy atom. The van der Waals surface area contributed by atoms with Crippen LogP contribution in [0.25, 0.3) is 0 Å². The number of amides is 1. The van der Waals surface area contributed by atoms with Crippen molar-refractivity contribution in [1.29, 1.82) is 0 Å². The SMILES string of the molecule is COc1ccc(SC(C)C(=O)Nc2cccc(S(=O)(=O)N=C3CCCCCN3C)c2)cc1. The molecule has 2 aromatic carbocycles. The predicted octanol–water partition coefficient (Wildman–Crippen LogP) is 4.41. The Hall–Kier alpha value is -2.52. The number of amidine groups is 1. The number of nitrogens with zero attached hydrogens (tertiary/aromatic N) is 2. The van der Waals surface area contributed by atoms with Gasteiger partial charge in [0.15, 0.2) is 0 Å². The molecule has 3 rings (SSSR count). The van der Waals surface area contributed by atoms with Gasteiger partial charge >= 0.3 is 0 Å². The Labute approximate surface area is 194 Å². The smallest absolute Gasteiger partial charge is 0.284 e. The van der Waals surface area contributed by atoms with Gasteiger partial charge in [0, 0.05) is 30.6 Å². The van der Waals surface area contributed by atoms with E-state index in [9.17, 15) is 13.2 Å². The van der Waals surface area contributed by atoms with Gasteiger partial charge < -0.3 is 15.0 Å². The number of likely N-dealkylation sites (tertiary alicyclic amines) is 1. The minimum atomic E-state index is -3.86. The average molecular weight is 476 g/mol. The van der Waals surface area contributed by atoms with Gasteiger partial charge in [0.1, 0.15) is 11.6 Å². The van der Waals surface area contributed by atoms with E-state index in [-0.39, 0.29) is 16.1 Å². The molecule has 1 aliphatic rings. The van der Waals surface area contributed by atoms with E-state index in [4.69, 9.17) is 4.74 Å². The molecule has 1 heterocycles. The highest BCUT2D eigenvalue weighted by Crippen LogP contribution is 2.27. The molecule has 1 amide bonds. The fourth-order valence-electron chi connectivity index (χ4n) is 3.33. The first kappa shape index (κ1) is 24.1. The van der Waals surface area contributed by atoms with E-state index in [1.54, 1.807) is 26.2 Å². The maximum absolute atomic E-state index is 12.9. The molecule has 0 radical (unpaired) electrons. The quantitative estimate of drug-likeness (QED) is 0.597. The molecule has 0 aromatic heterocycles. The van der Waals surface area contributed by atoms with Crippen molar-refractivity contribution in [2.45, 2.75) is 47.6 Å². The fourth-order valence-corrected chi connectivity index (χ4v) is 5.33. The molecular weight excluding hydrogens is 446 g/mol. The molecule has 32 heavy (non-hydrogen) atoms. The van der Waals surface area contributed by atoms with Gasteiger partial charge in [0.2, 0.25) is 5.91 Å². The van der Waals surface area contributed by atoms with Crippen LogP contribution in [0.1, 0.15) is 32.6 Å². The zero-order valence-corrected chi connectivity index (χ0v) is 20.2. The van der Waals surface area contributed by atoms with Crippen molar-refractivity contribution in [3.63, 3.8) is 0 Å². The lowest BCUT2D eigenvalue weighted by Crippen LogP contribution is -2.27. The van der Waals surface area contributed by atoms with Crippen molar-refractivity contribution in [3.05, 3.63) is 48.5 Å². The second-order valence-electron chi connectivity index (χ2n) is 7.67. The van der Waals surface area contributed by atoms with Crippen molar-refractivity contribution in [2.24, 2.45) is 4.40 Å². The molecule has 0 spiro atoms. The van der Waals surface area contributed by atoms with Crippen LogP contribution in [0.5, 0.6) is 5.75 Å². The molecule has 172 valence electrons. The molecule has 0 bridgehead atoms. The number of anilines is 1. The molecule has 1 atom stereocenters. The highest BCUT2D eigenvalue weighted by atomic mass is 32.2. The number of benzene rings is 2. The maximum atomic E-state index is 12.9. The molecule has 0 saturated carbocycles. The summed E-state index contributed by atoms with van der Waals surface area (Å²) in [7, 11) is -0.387. The number of ether oxygens (including phenoxy) is 1. The average Bonchev–Trinajstić information content (AvgIpc) is 2.98. The van der Waals surface area contributed by atoms with E-state index in [1.165, 1.54) is 23.9 Å². The summed E-state index contributed by atoms with van der Waals surface area (Å²) in [5.74, 6) is 1.12. The maximum Gasteiger partial charge on any atom is 0.284 e. The van der Waals surface area contributed by atoms with E-state index in [2.05, 4.69) is 9.71 Å². The third-order valence-electron chi connectivity index (χ3n) is 5.20. The van der Waals surface area contributed by atoms with Crippen LogP contribution in [0.15, 0.2) is 62.7 Å². The largest absolute Gasteiger partial charge is 0.497 e. The van der Waals surface area contributed by atoms with E-state index < -0.39 is 10.0 Å². The van der Waals surface area contributed by atoms with Crippen molar-refractivity contribution in [1.82, 2.24) is 4.90 Å². The lowest BCUT2D eigenvalue weighted by atomic mass is 10.2. The Balaban J connectivity index is 1.70. The summed E-state index contributed by atoms with van der Waals surface area (Å²) in [5, 5.41) is 2.44. The normalized spacial score (nSPS) is 17.0. The van der Waals surface area contributed by atoms with E-state index in [1.807, 2.05) is 36.2 Å². The lowest BCUT2D eigenvalue weighted by molar-refractivity contribution is -0.115. The van der Waals surface area contributed by atoms with Gasteiger partial charge in [0.25, 0.3) is 10.0 Å². The Morgan fingerprint density at radius 1 is 1.16 bits per heavy atom. The van der Waals surface area contributed by atoms with Crippen molar-refractivity contribution >= 4 is 39.2 Å². The summed E-state index contributed by atoms with van der Waals surface area (Å²) >= 11 is 1.41. The number of hydrogen-bond acceptors (Lipinski definition) is 5. The lowest BCUT2D eigenvalue weighted by Gasteiger charge is -2.18. The zero-order chi connectivity index (χ0) is 23.1. The number of thioether (sulfide) groups is 1. The Kier molecular flexibility index (Phi) is 8.20. The van der Waals surface area contributed by atoms with Crippen LogP contribution in [0.3, 0.4) is 0 Å². The number of nitrogens with one attached hydrogen (secondary N) is 1. The van der Waals surface area contributed by atoms with Crippen molar-refractivity contribution < 1.29 is 17.9 Å². The first-order valence-corrected chi connectivity index (χ1v) is 12.9. The van der Waals surface area contributed by atoms with Crippen molar-refractivity contribution in [2.75, 3.05) is 26.0 Å². The molecule has 1 N–H and O–H groups in total. The zero-order valence-electron chi connectivity index (χ0n) is 18.6. The van der Waals surface area contributed by atoms with Crippen molar-refractivity contribution in [3.8, 4) is 5.75 Å². The molecule has 1 saturated heterocycles.